The molecule has 2 aromatic heterocycles. The molecule has 44 heavy (non-hydrogen) atoms. The summed E-state index contributed by atoms with van der Waals surface area (Å²) in [5.74, 6) is -0.0387. The Morgan fingerprint density at radius 3 is 2.39 bits per heavy atom. The molecule has 1 N–H and O–H groups in total. The van der Waals surface area contributed by atoms with Crippen molar-refractivity contribution in [2.24, 2.45) is 7.05 Å². The highest BCUT2D eigenvalue weighted by Crippen LogP contribution is 2.42. The van der Waals surface area contributed by atoms with Gasteiger partial charge >= 0.3 is 5.97 Å². The van der Waals surface area contributed by atoms with Crippen LogP contribution in [0.25, 0.3) is 22.2 Å². The van der Waals surface area contributed by atoms with Gasteiger partial charge in [-0.2, -0.15) is 0 Å². The summed E-state index contributed by atoms with van der Waals surface area (Å²) >= 11 is 0. The molecular formula is C34H42N2O7Si. The minimum atomic E-state index is -1.96. The van der Waals surface area contributed by atoms with Gasteiger partial charge in [0.15, 0.2) is 13.9 Å². The number of pyridine rings is 1. The second kappa shape index (κ2) is 11.5. The van der Waals surface area contributed by atoms with Crippen LogP contribution in [0.3, 0.4) is 0 Å². The first-order valence-corrected chi connectivity index (χ1v) is 17.7. The van der Waals surface area contributed by atoms with E-state index in [9.17, 15) is 14.7 Å². The fourth-order valence-electron chi connectivity index (χ4n) is 5.68. The van der Waals surface area contributed by atoms with E-state index in [2.05, 4.69) is 63.7 Å². The zero-order valence-electron chi connectivity index (χ0n) is 27.1. The minimum Gasteiger partial charge on any atom is -0.506 e. The highest BCUT2D eigenvalue weighted by molar-refractivity contribution is 6.74. The van der Waals surface area contributed by atoms with Gasteiger partial charge in [0, 0.05) is 46.4 Å². The van der Waals surface area contributed by atoms with Crippen molar-refractivity contribution < 1.29 is 28.5 Å². The molecule has 1 aliphatic carbocycles. The Labute approximate surface area is 259 Å². The van der Waals surface area contributed by atoms with E-state index < -0.39 is 19.8 Å². The van der Waals surface area contributed by atoms with Crippen molar-refractivity contribution in [3.63, 3.8) is 0 Å². The molecule has 0 unspecified atom stereocenters. The Morgan fingerprint density at radius 1 is 1.02 bits per heavy atom. The summed E-state index contributed by atoms with van der Waals surface area (Å²) in [6, 6.07) is 11.8. The van der Waals surface area contributed by atoms with Crippen LogP contribution < -0.4 is 15.0 Å². The van der Waals surface area contributed by atoms with Crippen molar-refractivity contribution in [1.82, 2.24) is 9.13 Å². The average Bonchev–Trinajstić information content (AvgIpc) is 3.30. The van der Waals surface area contributed by atoms with Crippen LogP contribution in [-0.2, 0) is 42.2 Å². The molecule has 0 amide bonds. The number of esters is 1. The summed E-state index contributed by atoms with van der Waals surface area (Å²) in [5, 5.41) is 12.4. The van der Waals surface area contributed by atoms with E-state index in [1.165, 1.54) is 7.11 Å². The van der Waals surface area contributed by atoms with Gasteiger partial charge < -0.3 is 32.9 Å². The van der Waals surface area contributed by atoms with E-state index in [1.54, 1.807) is 30.9 Å². The number of carbonyl (C=O) groups excluding carboxylic acids is 1. The number of benzene rings is 2. The standard InChI is InChI=1S/C34H42N2O7Si/c1-34(2,3)44(8,9)43-19-23-14-22-15-26-20(16-27(22)35(23)4)11-13-25-30(26)36(32(38)29(31(25)37)33(39)42-7)18-21-10-12-24(40-5)17-28(21)41-6/h10,12,14-17,37H,11,13,18-19H2,1-9H3. The van der Waals surface area contributed by atoms with Crippen molar-refractivity contribution in [2.75, 3.05) is 21.3 Å². The summed E-state index contributed by atoms with van der Waals surface area (Å²) < 4.78 is 26.2. The number of hydrogen-bond donors (Lipinski definition) is 1. The lowest BCUT2D eigenvalue weighted by Crippen LogP contribution is -2.40. The number of aromatic nitrogens is 2. The van der Waals surface area contributed by atoms with Gasteiger partial charge in [0.05, 0.1) is 40.2 Å². The molecule has 0 fully saturated rings. The second-order valence-corrected chi connectivity index (χ2v) is 17.7. The number of aryl methyl sites for hydroxylation is 2. The number of aromatic hydroxyl groups is 1. The first kappa shape index (κ1) is 31.4. The summed E-state index contributed by atoms with van der Waals surface area (Å²) in [4.78, 5) is 26.8. The van der Waals surface area contributed by atoms with Gasteiger partial charge in [-0.3, -0.25) is 4.79 Å². The normalized spacial score (nSPS) is 13.0. The summed E-state index contributed by atoms with van der Waals surface area (Å²) in [6.45, 7) is 11.8. The zero-order chi connectivity index (χ0) is 32.1. The third kappa shape index (κ3) is 5.30. The maximum Gasteiger partial charge on any atom is 0.347 e. The smallest absolute Gasteiger partial charge is 0.347 e. The fraction of sp³-hybridized carbons (Fsp3) is 0.412. The number of fused-ring (bicyclic) bond motifs is 4. The Kier molecular flexibility index (Phi) is 8.19. The molecule has 0 bridgehead atoms. The fourth-order valence-corrected chi connectivity index (χ4v) is 6.62. The molecule has 0 saturated carbocycles. The molecule has 2 heterocycles. The third-order valence-corrected chi connectivity index (χ3v) is 13.9. The number of carbonyl (C=O) groups is 1. The van der Waals surface area contributed by atoms with E-state index in [-0.39, 0.29) is 22.9 Å². The molecule has 5 rings (SSSR count). The lowest BCUT2D eigenvalue weighted by atomic mass is 9.86. The number of ether oxygens (including phenoxy) is 3. The molecule has 234 valence electrons. The minimum absolute atomic E-state index is 0.0989. The molecule has 2 aromatic carbocycles. The Hall–Kier alpha value is -4.02. The van der Waals surface area contributed by atoms with Crippen molar-refractivity contribution in [3.05, 3.63) is 74.7 Å². The molecule has 0 spiro atoms. The molecule has 9 nitrogen and oxygen atoms in total. The molecule has 4 aromatic rings. The molecule has 0 radical (unpaired) electrons. The van der Waals surface area contributed by atoms with Crippen molar-refractivity contribution in [1.29, 1.82) is 0 Å². The van der Waals surface area contributed by atoms with E-state index in [4.69, 9.17) is 18.6 Å². The Bertz CT molecular complexity index is 1830. The lowest BCUT2D eigenvalue weighted by molar-refractivity contribution is 0.0594. The highest BCUT2D eigenvalue weighted by Gasteiger charge is 2.37. The maximum absolute atomic E-state index is 14.0. The van der Waals surface area contributed by atoms with Crippen LogP contribution in [0.4, 0.5) is 0 Å². The monoisotopic (exact) mass is 618 g/mol. The van der Waals surface area contributed by atoms with Gasteiger partial charge in [-0.15, -0.1) is 0 Å². The van der Waals surface area contributed by atoms with E-state index in [0.717, 1.165) is 33.3 Å². The first-order chi connectivity index (χ1) is 20.7. The van der Waals surface area contributed by atoms with Crippen LogP contribution in [0.1, 0.15) is 53.5 Å². The molecule has 10 heteroatoms. The van der Waals surface area contributed by atoms with Gasteiger partial charge in [0.1, 0.15) is 17.2 Å². The van der Waals surface area contributed by atoms with Crippen LogP contribution in [0, 0.1) is 0 Å². The predicted octanol–water partition coefficient (Wildman–Crippen LogP) is 6.19. The van der Waals surface area contributed by atoms with Crippen LogP contribution in [0.5, 0.6) is 17.2 Å². The third-order valence-electron chi connectivity index (χ3n) is 9.40. The van der Waals surface area contributed by atoms with Gasteiger partial charge in [-0.05, 0) is 66.9 Å². The van der Waals surface area contributed by atoms with E-state index in [1.807, 2.05) is 6.07 Å². The summed E-state index contributed by atoms with van der Waals surface area (Å²) in [6.07, 6.45) is 1.09. The van der Waals surface area contributed by atoms with Crippen molar-refractivity contribution >= 4 is 25.2 Å². The predicted molar refractivity (Wildman–Crippen MR) is 174 cm³/mol. The molecule has 1 aliphatic rings. The maximum atomic E-state index is 14.0. The average molecular weight is 619 g/mol. The largest absolute Gasteiger partial charge is 0.506 e. The Morgan fingerprint density at radius 2 is 1.75 bits per heavy atom. The quantitative estimate of drug-likeness (QED) is 0.186. The van der Waals surface area contributed by atoms with E-state index >= 15 is 0 Å². The van der Waals surface area contributed by atoms with Crippen molar-refractivity contribution in [3.8, 4) is 28.5 Å². The molecular weight excluding hydrogens is 576 g/mol. The SMILES string of the molecule is COC(=O)c1c(O)c2c(n(Cc3ccc(OC)cc3OC)c1=O)-c1cc3cc(CO[Si](C)(C)C(C)(C)C)n(C)c3cc1CC2. The van der Waals surface area contributed by atoms with E-state index in [0.29, 0.717) is 42.2 Å². The second-order valence-electron chi connectivity index (χ2n) is 12.9. The molecule has 0 saturated heterocycles. The zero-order valence-corrected chi connectivity index (χ0v) is 28.1. The molecule has 0 atom stereocenters. The van der Waals surface area contributed by atoms with Crippen LogP contribution in [0.15, 0.2) is 41.2 Å². The van der Waals surface area contributed by atoms with Gasteiger partial charge in [0.2, 0.25) is 0 Å². The van der Waals surface area contributed by atoms with Gasteiger partial charge in [-0.25, -0.2) is 4.79 Å². The summed E-state index contributed by atoms with van der Waals surface area (Å²) in [5.41, 5.74) is 4.89. The van der Waals surface area contributed by atoms with Gasteiger partial charge in [-0.1, -0.05) is 20.8 Å². The highest BCUT2D eigenvalue weighted by atomic mass is 28.4. The number of rotatable bonds is 8. The first-order valence-electron chi connectivity index (χ1n) is 14.8. The number of hydrogen-bond acceptors (Lipinski definition) is 7. The van der Waals surface area contributed by atoms with Crippen LogP contribution in [-0.4, -0.2) is 49.9 Å². The van der Waals surface area contributed by atoms with Gasteiger partial charge in [0.25, 0.3) is 5.56 Å². The lowest BCUT2D eigenvalue weighted by Gasteiger charge is -2.36. The number of methoxy groups -OCH3 is 3. The van der Waals surface area contributed by atoms with Crippen molar-refractivity contribution in [2.45, 2.75) is 64.9 Å². The van der Waals surface area contributed by atoms with Crippen LogP contribution >= 0.6 is 0 Å². The Balaban J connectivity index is 1.69. The molecule has 0 aliphatic heterocycles. The number of nitrogens with zero attached hydrogens (tertiary/aromatic N) is 2. The topological polar surface area (TPSA) is 101 Å². The summed E-state index contributed by atoms with van der Waals surface area (Å²) in [7, 11) is 4.42. The van der Waals surface area contributed by atoms with Crippen LogP contribution in [0.2, 0.25) is 18.1 Å².